The van der Waals surface area contributed by atoms with Crippen LogP contribution in [0.4, 0.5) is 13.2 Å². The van der Waals surface area contributed by atoms with Gasteiger partial charge in [-0.2, -0.15) is 13.2 Å². The minimum atomic E-state index is -6.19. The van der Waals surface area contributed by atoms with Crippen LogP contribution in [0.1, 0.15) is 16.7 Å². The Balaban J connectivity index is 1.81. The largest absolute Gasteiger partial charge is 0.512 e. The molecule has 4 aromatic rings. The van der Waals surface area contributed by atoms with Crippen molar-refractivity contribution in [1.29, 1.82) is 0 Å². The van der Waals surface area contributed by atoms with Gasteiger partial charge in [-0.05, 0) is 81.4 Å². The molecule has 0 saturated heterocycles. The van der Waals surface area contributed by atoms with E-state index < -0.39 is 45.6 Å². The second-order valence-electron chi connectivity index (χ2n) is 10.4. The van der Waals surface area contributed by atoms with Crippen molar-refractivity contribution >= 4 is 35.2 Å². The average Bonchev–Trinajstić information content (AvgIpc) is 3.00. The number of alkyl halides is 3. The van der Waals surface area contributed by atoms with Crippen LogP contribution in [-0.4, -0.2) is 36.1 Å². The van der Waals surface area contributed by atoms with E-state index in [1.54, 1.807) is 55.2 Å². The first-order valence-corrected chi connectivity index (χ1v) is 20.4. The SMILES string of the molecule is CN=P(N=P(C)(Oc1ccc(C)cc1)Oc1ccc(S(=O)(=O)NS(=O)(=O)C(F)(F)F)cc1)(Oc1ccc(C)cc1)Oc1ccc(C)cc1. The highest BCUT2D eigenvalue weighted by molar-refractivity contribution is 8.05. The van der Waals surface area contributed by atoms with Crippen molar-refractivity contribution < 1.29 is 48.1 Å². The summed E-state index contributed by atoms with van der Waals surface area (Å²) in [7, 11) is -17.1. The molecule has 0 radical (unpaired) electrons. The number of nitrogens with one attached hydrogen (secondary N) is 1. The Hall–Kier alpha value is -3.81. The molecule has 0 aliphatic carbocycles. The van der Waals surface area contributed by atoms with Gasteiger partial charge in [-0.3, -0.25) is 0 Å². The van der Waals surface area contributed by atoms with Gasteiger partial charge >= 0.3 is 30.7 Å². The maximum absolute atomic E-state index is 12.8. The summed E-state index contributed by atoms with van der Waals surface area (Å²) in [6.07, 6.45) is 0. The zero-order valence-electron chi connectivity index (χ0n) is 26.2. The van der Waals surface area contributed by atoms with Crippen LogP contribution in [0.3, 0.4) is 0 Å². The molecule has 11 nitrogen and oxygen atoms in total. The Morgan fingerprint density at radius 1 is 0.604 bits per heavy atom. The summed E-state index contributed by atoms with van der Waals surface area (Å²) >= 11 is 0. The summed E-state index contributed by atoms with van der Waals surface area (Å²) in [5.74, 6) is 1.14. The van der Waals surface area contributed by atoms with Crippen molar-refractivity contribution in [3.63, 3.8) is 0 Å². The number of aryl methyl sites for hydroxylation is 3. The van der Waals surface area contributed by atoms with E-state index in [4.69, 9.17) is 22.6 Å². The first kappa shape index (κ1) is 37.0. The zero-order valence-corrected chi connectivity index (χ0v) is 29.7. The number of sulfonamides is 2. The van der Waals surface area contributed by atoms with Gasteiger partial charge in [0, 0.05) is 13.7 Å². The normalized spacial score (nSPS) is 13.6. The molecule has 18 heteroatoms. The predicted molar refractivity (Wildman–Crippen MR) is 178 cm³/mol. The number of hydrogen-bond donors (Lipinski definition) is 1. The molecule has 0 spiro atoms. The fraction of sp³-hybridized carbons (Fsp3) is 0.200. The van der Waals surface area contributed by atoms with E-state index in [2.05, 4.69) is 4.74 Å². The van der Waals surface area contributed by atoms with E-state index in [1.165, 1.54) is 7.05 Å². The van der Waals surface area contributed by atoms with E-state index in [0.29, 0.717) is 21.4 Å². The second kappa shape index (κ2) is 14.4. The van der Waals surface area contributed by atoms with Crippen LogP contribution in [-0.2, 0) is 20.0 Å². The maximum Gasteiger partial charge on any atom is 0.512 e. The third-order valence-electron chi connectivity index (χ3n) is 6.25. The summed E-state index contributed by atoms with van der Waals surface area (Å²) in [6, 6.07) is 25.2. The Morgan fingerprint density at radius 3 is 1.27 bits per heavy atom. The Morgan fingerprint density at radius 2 is 0.938 bits per heavy atom. The molecule has 0 aromatic heterocycles. The predicted octanol–water partition coefficient (Wildman–Crippen LogP) is 8.59. The van der Waals surface area contributed by atoms with Gasteiger partial charge < -0.3 is 18.1 Å². The number of hydrogen-bond acceptors (Lipinski definition) is 9. The van der Waals surface area contributed by atoms with Crippen molar-refractivity contribution in [1.82, 2.24) is 4.13 Å². The topological polar surface area (TPSA) is 142 Å². The van der Waals surface area contributed by atoms with E-state index >= 15 is 0 Å². The lowest BCUT2D eigenvalue weighted by molar-refractivity contribution is -0.0441. The molecule has 1 N–H and O–H groups in total. The van der Waals surface area contributed by atoms with Crippen LogP contribution in [0.5, 0.6) is 23.0 Å². The van der Waals surface area contributed by atoms with Crippen molar-refractivity contribution in [3.05, 3.63) is 114 Å². The number of benzene rings is 4. The molecule has 1 unspecified atom stereocenters. The molecule has 0 aliphatic rings. The third kappa shape index (κ3) is 9.64. The van der Waals surface area contributed by atoms with E-state index in [-0.39, 0.29) is 5.75 Å². The molecule has 1 atom stereocenters. The van der Waals surface area contributed by atoms with Crippen LogP contribution in [0.15, 0.2) is 111 Å². The zero-order chi connectivity index (χ0) is 35.4. The molecule has 0 fully saturated rings. The van der Waals surface area contributed by atoms with Gasteiger partial charge in [-0.25, -0.2) is 21.6 Å². The molecule has 258 valence electrons. The Labute approximate surface area is 277 Å². The number of halogens is 3. The molecule has 0 aliphatic heterocycles. The molecule has 4 rings (SSSR count). The lowest BCUT2D eigenvalue weighted by Crippen LogP contribution is -2.40. The fourth-order valence-electron chi connectivity index (χ4n) is 3.82. The lowest BCUT2D eigenvalue weighted by Gasteiger charge is -2.27. The average molecular weight is 746 g/mol. The summed E-state index contributed by atoms with van der Waals surface area (Å²) in [4.78, 5) is -0.769. The van der Waals surface area contributed by atoms with Crippen LogP contribution in [0.2, 0.25) is 0 Å². The highest BCUT2D eigenvalue weighted by Crippen LogP contribution is 2.63. The van der Waals surface area contributed by atoms with E-state index in [1.807, 2.05) is 45.0 Å². The summed E-state index contributed by atoms with van der Waals surface area (Å²) in [5, 5.41) is 0. The first-order chi connectivity index (χ1) is 22.3. The smallest absolute Gasteiger partial charge is 0.430 e. The highest BCUT2D eigenvalue weighted by Gasteiger charge is 2.48. The van der Waals surface area contributed by atoms with Gasteiger partial charge in [0.2, 0.25) is 0 Å². The Bertz CT molecular complexity index is 2020. The summed E-state index contributed by atoms with van der Waals surface area (Å²) in [6.45, 7) is 7.26. The van der Waals surface area contributed by atoms with E-state index in [9.17, 15) is 30.0 Å². The van der Waals surface area contributed by atoms with Gasteiger partial charge in [-0.1, -0.05) is 57.2 Å². The van der Waals surface area contributed by atoms with Crippen LogP contribution in [0.25, 0.3) is 0 Å². The molecule has 4 aromatic carbocycles. The number of rotatable bonds is 12. The quantitative estimate of drug-likeness (QED) is 0.142. The lowest BCUT2D eigenvalue weighted by atomic mass is 10.2. The van der Waals surface area contributed by atoms with Crippen molar-refractivity contribution in [2.45, 2.75) is 31.2 Å². The van der Waals surface area contributed by atoms with Crippen LogP contribution >= 0.6 is 15.2 Å². The van der Waals surface area contributed by atoms with Crippen LogP contribution in [0, 0.1) is 20.8 Å². The molecule has 0 amide bonds. The van der Waals surface area contributed by atoms with Gasteiger partial charge in [-0.15, -0.1) is 4.52 Å². The molecule has 0 saturated carbocycles. The Kier molecular flexibility index (Phi) is 11.1. The van der Waals surface area contributed by atoms with Gasteiger partial charge in [0.25, 0.3) is 10.0 Å². The molecule has 0 bridgehead atoms. The fourth-order valence-corrected chi connectivity index (χ4v) is 10.8. The highest BCUT2D eigenvalue weighted by atomic mass is 32.3. The third-order valence-corrected chi connectivity index (χ3v) is 14.2. The number of nitrogens with zero attached hydrogens (tertiary/aromatic N) is 2. The van der Waals surface area contributed by atoms with E-state index in [0.717, 1.165) is 41.0 Å². The van der Waals surface area contributed by atoms with Gasteiger partial charge in [0.05, 0.1) is 4.90 Å². The molecule has 48 heavy (non-hydrogen) atoms. The van der Waals surface area contributed by atoms with Crippen molar-refractivity contribution in [2.24, 2.45) is 9.26 Å². The molecular formula is C30H32F3N3O8P2S2. The van der Waals surface area contributed by atoms with Crippen molar-refractivity contribution in [2.75, 3.05) is 13.7 Å². The van der Waals surface area contributed by atoms with Crippen molar-refractivity contribution in [3.8, 4) is 23.0 Å². The molecular weight excluding hydrogens is 713 g/mol. The summed E-state index contributed by atoms with van der Waals surface area (Å²) in [5.41, 5.74) is -2.92. The van der Waals surface area contributed by atoms with Gasteiger partial charge in [0.15, 0.2) is 0 Å². The maximum atomic E-state index is 12.8. The van der Waals surface area contributed by atoms with Crippen LogP contribution < -0.4 is 22.2 Å². The minimum absolute atomic E-state index is 0.0146. The summed E-state index contributed by atoms with van der Waals surface area (Å²) < 4.78 is 122. The molecule has 0 heterocycles. The monoisotopic (exact) mass is 745 g/mol. The van der Waals surface area contributed by atoms with Gasteiger partial charge in [0.1, 0.15) is 23.0 Å². The first-order valence-electron chi connectivity index (χ1n) is 13.9. The minimum Gasteiger partial charge on any atom is -0.430 e. The standard InChI is InChI=1S/C30H32F3N3O8P2S2/c1-22-6-12-25(13-7-22)41-45(5,42-26-18-20-29(21-19-26)47(37,38)36-48(39,40)30(31,32)33)35-46(34-4,43-27-14-8-23(2)9-15-27)44-28-16-10-24(3)11-17-28/h6-21,36H,1-5H3. The second-order valence-corrected chi connectivity index (χ2v) is 18.4.